The molecule has 0 aliphatic carbocycles. The summed E-state index contributed by atoms with van der Waals surface area (Å²) in [4.78, 5) is 11.5. The van der Waals surface area contributed by atoms with Gasteiger partial charge in [0.2, 0.25) is 0 Å². The fraction of sp³-hybridized carbons (Fsp3) is 0.286. The molecule has 0 spiro atoms. The Morgan fingerprint density at radius 3 is 2.77 bits per heavy atom. The minimum Gasteiger partial charge on any atom is -0.492 e. The van der Waals surface area contributed by atoms with Crippen molar-refractivity contribution in [1.82, 2.24) is 5.32 Å². The molecule has 0 aliphatic rings. The minimum atomic E-state index is -0.354. The number of benzene rings is 2. The van der Waals surface area contributed by atoms with Crippen molar-refractivity contribution in [3.63, 3.8) is 0 Å². The van der Waals surface area contributed by atoms with Crippen molar-refractivity contribution in [3.05, 3.63) is 75.6 Å². The van der Waals surface area contributed by atoms with Crippen molar-refractivity contribution in [2.45, 2.75) is 33.0 Å². The second-order valence-corrected chi connectivity index (χ2v) is 6.48. The number of aliphatic hydroxyl groups is 1. The largest absolute Gasteiger partial charge is 0.492 e. The fourth-order valence-corrected chi connectivity index (χ4v) is 2.81. The van der Waals surface area contributed by atoms with Gasteiger partial charge in [0.25, 0.3) is 0 Å². The number of nitrogens with one attached hydrogen (secondary N) is 1. The SMILES string of the molecule is Cc1cc(=O)oc2cc(OCC(C)NCc3cccc(CO)c3)ccc12. The summed E-state index contributed by atoms with van der Waals surface area (Å²) in [7, 11) is 0. The number of aliphatic hydroxyl groups excluding tert-OH is 1. The molecule has 0 radical (unpaired) electrons. The molecule has 0 aliphatic heterocycles. The Hall–Kier alpha value is -2.63. The van der Waals surface area contributed by atoms with Gasteiger partial charge < -0.3 is 19.6 Å². The maximum Gasteiger partial charge on any atom is 0.336 e. The van der Waals surface area contributed by atoms with E-state index in [0.29, 0.717) is 24.5 Å². The Morgan fingerprint density at radius 1 is 1.15 bits per heavy atom. The maximum absolute atomic E-state index is 11.5. The van der Waals surface area contributed by atoms with Crippen LogP contribution in [0.5, 0.6) is 5.75 Å². The topological polar surface area (TPSA) is 71.7 Å². The van der Waals surface area contributed by atoms with Crippen LogP contribution >= 0.6 is 0 Å². The molecular formula is C21H23NO4. The van der Waals surface area contributed by atoms with E-state index in [0.717, 1.165) is 22.1 Å². The third-order valence-electron chi connectivity index (χ3n) is 4.25. The van der Waals surface area contributed by atoms with Crippen LogP contribution in [0.3, 0.4) is 0 Å². The first-order chi connectivity index (χ1) is 12.5. The van der Waals surface area contributed by atoms with Gasteiger partial charge in [-0.05, 0) is 42.7 Å². The zero-order valence-corrected chi connectivity index (χ0v) is 15.0. The molecule has 1 atom stereocenters. The Morgan fingerprint density at radius 2 is 1.96 bits per heavy atom. The van der Waals surface area contributed by atoms with Crippen molar-refractivity contribution in [1.29, 1.82) is 0 Å². The lowest BCUT2D eigenvalue weighted by molar-refractivity contribution is 0.272. The van der Waals surface area contributed by atoms with Gasteiger partial charge in [-0.1, -0.05) is 24.3 Å². The number of aryl methyl sites for hydroxylation is 1. The molecule has 1 heterocycles. The van der Waals surface area contributed by atoms with Crippen molar-refractivity contribution >= 4 is 11.0 Å². The van der Waals surface area contributed by atoms with Gasteiger partial charge in [-0.25, -0.2) is 4.79 Å². The molecule has 0 saturated heterocycles. The summed E-state index contributed by atoms with van der Waals surface area (Å²) in [5.74, 6) is 0.669. The summed E-state index contributed by atoms with van der Waals surface area (Å²) in [5.41, 5.74) is 3.09. The lowest BCUT2D eigenvalue weighted by Crippen LogP contribution is -2.31. The van der Waals surface area contributed by atoms with Crippen LogP contribution in [0.1, 0.15) is 23.6 Å². The molecule has 0 bridgehead atoms. The molecule has 0 amide bonds. The van der Waals surface area contributed by atoms with Crippen LogP contribution in [0.4, 0.5) is 0 Å². The zero-order chi connectivity index (χ0) is 18.5. The molecule has 5 heteroatoms. The van der Waals surface area contributed by atoms with Crippen LogP contribution in [-0.4, -0.2) is 17.8 Å². The fourth-order valence-electron chi connectivity index (χ4n) is 2.81. The summed E-state index contributed by atoms with van der Waals surface area (Å²) < 4.78 is 11.1. The molecule has 2 aromatic carbocycles. The highest BCUT2D eigenvalue weighted by Gasteiger charge is 2.07. The number of ether oxygens (including phenoxy) is 1. The quantitative estimate of drug-likeness (QED) is 0.639. The number of hydrogen-bond acceptors (Lipinski definition) is 5. The molecule has 5 nitrogen and oxygen atoms in total. The molecule has 3 rings (SSSR count). The second-order valence-electron chi connectivity index (χ2n) is 6.48. The Balaban J connectivity index is 1.58. The van der Waals surface area contributed by atoms with E-state index in [4.69, 9.17) is 9.15 Å². The zero-order valence-electron chi connectivity index (χ0n) is 15.0. The normalized spacial score (nSPS) is 12.3. The van der Waals surface area contributed by atoms with Crippen molar-refractivity contribution in [2.75, 3.05) is 6.61 Å². The van der Waals surface area contributed by atoms with Crippen molar-refractivity contribution < 1.29 is 14.3 Å². The van der Waals surface area contributed by atoms with Crippen LogP contribution in [0, 0.1) is 6.92 Å². The van der Waals surface area contributed by atoms with E-state index in [2.05, 4.69) is 5.32 Å². The number of fused-ring (bicyclic) bond motifs is 1. The Labute approximate surface area is 152 Å². The number of hydrogen-bond donors (Lipinski definition) is 2. The first-order valence-electron chi connectivity index (χ1n) is 8.64. The van der Waals surface area contributed by atoms with Gasteiger partial charge in [0, 0.05) is 30.1 Å². The van der Waals surface area contributed by atoms with Crippen LogP contribution in [0.15, 0.2) is 57.7 Å². The third kappa shape index (κ3) is 4.50. The van der Waals surface area contributed by atoms with Gasteiger partial charge in [0.15, 0.2) is 0 Å². The highest BCUT2D eigenvalue weighted by molar-refractivity contribution is 5.81. The van der Waals surface area contributed by atoms with Crippen LogP contribution < -0.4 is 15.7 Å². The lowest BCUT2D eigenvalue weighted by atomic mass is 10.1. The van der Waals surface area contributed by atoms with E-state index >= 15 is 0 Å². The van der Waals surface area contributed by atoms with E-state index in [1.54, 1.807) is 6.07 Å². The van der Waals surface area contributed by atoms with E-state index in [1.807, 2.05) is 50.2 Å². The molecule has 2 N–H and O–H groups in total. The van der Waals surface area contributed by atoms with E-state index < -0.39 is 0 Å². The van der Waals surface area contributed by atoms with Gasteiger partial charge in [-0.3, -0.25) is 0 Å². The summed E-state index contributed by atoms with van der Waals surface area (Å²) in [6, 6.07) is 15.0. The van der Waals surface area contributed by atoms with Crippen molar-refractivity contribution in [2.24, 2.45) is 0 Å². The van der Waals surface area contributed by atoms with E-state index in [1.165, 1.54) is 6.07 Å². The van der Waals surface area contributed by atoms with Gasteiger partial charge >= 0.3 is 5.63 Å². The minimum absolute atomic E-state index is 0.0457. The van der Waals surface area contributed by atoms with Crippen molar-refractivity contribution in [3.8, 4) is 5.75 Å². The molecule has 0 saturated carbocycles. The third-order valence-corrected chi connectivity index (χ3v) is 4.25. The van der Waals surface area contributed by atoms with Crippen LogP contribution in [-0.2, 0) is 13.2 Å². The van der Waals surface area contributed by atoms with Crippen LogP contribution in [0.2, 0.25) is 0 Å². The first-order valence-corrected chi connectivity index (χ1v) is 8.64. The first kappa shape index (κ1) is 18.2. The molecule has 3 aromatic rings. The maximum atomic E-state index is 11.5. The van der Waals surface area contributed by atoms with Gasteiger partial charge in [0.05, 0.1) is 6.61 Å². The van der Waals surface area contributed by atoms with Gasteiger partial charge in [-0.2, -0.15) is 0 Å². The van der Waals surface area contributed by atoms with E-state index in [-0.39, 0.29) is 18.3 Å². The summed E-state index contributed by atoms with van der Waals surface area (Å²) in [6.45, 7) is 5.16. The summed E-state index contributed by atoms with van der Waals surface area (Å²) in [6.07, 6.45) is 0. The van der Waals surface area contributed by atoms with E-state index in [9.17, 15) is 9.90 Å². The predicted molar refractivity (Wildman–Crippen MR) is 101 cm³/mol. The molecular weight excluding hydrogens is 330 g/mol. The molecule has 1 aromatic heterocycles. The highest BCUT2D eigenvalue weighted by atomic mass is 16.5. The Kier molecular flexibility index (Phi) is 5.71. The van der Waals surface area contributed by atoms with Gasteiger partial charge in [-0.15, -0.1) is 0 Å². The highest BCUT2D eigenvalue weighted by Crippen LogP contribution is 2.22. The lowest BCUT2D eigenvalue weighted by Gasteiger charge is -2.15. The molecule has 1 unspecified atom stereocenters. The molecule has 26 heavy (non-hydrogen) atoms. The molecule has 0 fully saturated rings. The Bertz CT molecular complexity index is 948. The van der Waals surface area contributed by atoms with Gasteiger partial charge in [0.1, 0.15) is 17.9 Å². The standard InChI is InChI=1S/C21H23NO4/c1-14-8-21(24)26-20-10-18(6-7-19(14)20)25-13-15(2)22-11-16-4-3-5-17(9-16)12-23/h3-10,15,22-23H,11-13H2,1-2H3. The molecule has 136 valence electrons. The smallest absolute Gasteiger partial charge is 0.336 e. The average molecular weight is 353 g/mol. The second kappa shape index (κ2) is 8.17. The number of rotatable bonds is 7. The van der Waals surface area contributed by atoms with Crippen LogP contribution in [0.25, 0.3) is 11.0 Å². The monoisotopic (exact) mass is 353 g/mol. The summed E-state index contributed by atoms with van der Waals surface area (Å²) in [5, 5.41) is 13.5. The average Bonchev–Trinajstić information content (AvgIpc) is 2.64. The summed E-state index contributed by atoms with van der Waals surface area (Å²) >= 11 is 0. The predicted octanol–water partition coefficient (Wildman–Crippen LogP) is 3.15.